The van der Waals surface area contributed by atoms with E-state index < -0.39 is 0 Å². The van der Waals surface area contributed by atoms with Gasteiger partial charge in [-0.3, -0.25) is 14.5 Å². The van der Waals surface area contributed by atoms with E-state index in [0.717, 1.165) is 18.7 Å². The van der Waals surface area contributed by atoms with E-state index in [1.165, 1.54) is 5.69 Å². The number of rotatable bonds is 4. The van der Waals surface area contributed by atoms with Gasteiger partial charge in [-0.2, -0.15) is 5.10 Å². The van der Waals surface area contributed by atoms with Crippen molar-refractivity contribution in [2.24, 2.45) is 0 Å². The van der Waals surface area contributed by atoms with Gasteiger partial charge in [0, 0.05) is 42.5 Å². The summed E-state index contributed by atoms with van der Waals surface area (Å²) in [5.74, 6) is 0.679. The molecule has 8 heteroatoms. The molecule has 1 aliphatic heterocycles. The van der Waals surface area contributed by atoms with Crippen LogP contribution in [0, 0.1) is 4.77 Å². The molecule has 0 radical (unpaired) electrons. The fourth-order valence-corrected chi connectivity index (χ4v) is 3.69. The third-order valence-electron chi connectivity index (χ3n) is 4.91. The number of halogens is 1. The summed E-state index contributed by atoms with van der Waals surface area (Å²) >= 11 is 11.3. The van der Waals surface area contributed by atoms with Gasteiger partial charge in [-0.15, -0.1) is 0 Å². The summed E-state index contributed by atoms with van der Waals surface area (Å²) < 4.78 is 2.17. The van der Waals surface area contributed by atoms with Crippen LogP contribution < -0.4 is 4.90 Å². The fraction of sp³-hybridized carbons (Fsp3) is 0.250. The van der Waals surface area contributed by atoms with E-state index in [0.29, 0.717) is 28.7 Å². The largest absolute Gasteiger partial charge is 0.368 e. The van der Waals surface area contributed by atoms with Crippen LogP contribution in [-0.4, -0.2) is 51.8 Å². The molecule has 4 rings (SSSR count). The first-order valence-corrected chi connectivity index (χ1v) is 9.89. The van der Waals surface area contributed by atoms with Crippen molar-refractivity contribution in [2.75, 3.05) is 31.1 Å². The van der Waals surface area contributed by atoms with Gasteiger partial charge in [-0.1, -0.05) is 29.8 Å². The molecular weight excluding hydrogens is 394 g/mol. The van der Waals surface area contributed by atoms with Gasteiger partial charge in [0.2, 0.25) is 5.91 Å². The number of hydrogen-bond donors (Lipinski definition) is 1. The predicted molar refractivity (Wildman–Crippen MR) is 113 cm³/mol. The highest BCUT2D eigenvalue weighted by Crippen LogP contribution is 2.21. The Morgan fingerprint density at radius 3 is 2.39 bits per heavy atom. The summed E-state index contributed by atoms with van der Waals surface area (Å²) in [6.45, 7) is 3.18. The van der Waals surface area contributed by atoms with Crippen molar-refractivity contribution in [1.29, 1.82) is 0 Å². The number of aromatic amines is 1. The monoisotopic (exact) mass is 413 g/mol. The SMILES string of the molecule is O=C(Cn1c(-c2ccc(Cl)cc2)n[nH]c1=S)N1CCN(c2ccccc2)CC1. The number of H-pyrrole nitrogens is 1. The maximum atomic E-state index is 12.9. The van der Waals surface area contributed by atoms with Gasteiger partial charge in [0.25, 0.3) is 0 Å². The van der Waals surface area contributed by atoms with Crippen LogP contribution in [0.2, 0.25) is 5.02 Å². The predicted octanol–water partition coefficient (Wildman–Crippen LogP) is 3.61. The number of benzene rings is 2. The minimum atomic E-state index is 0.0421. The number of piperazine rings is 1. The molecule has 0 atom stereocenters. The van der Waals surface area contributed by atoms with Crippen LogP contribution in [0.15, 0.2) is 54.6 Å². The zero-order valence-corrected chi connectivity index (χ0v) is 16.8. The molecule has 2 heterocycles. The molecule has 144 valence electrons. The smallest absolute Gasteiger partial charge is 0.242 e. The van der Waals surface area contributed by atoms with Crippen LogP contribution >= 0.6 is 23.8 Å². The lowest BCUT2D eigenvalue weighted by Gasteiger charge is -2.36. The van der Waals surface area contributed by atoms with Crippen LogP contribution in [0.25, 0.3) is 11.4 Å². The summed E-state index contributed by atoms with van der Waals surface area (Å²) in [6.07, 6.45) is 0. The van der Waals surface area contributed by atoms with Crippen molar-refractivity contribution in [3.63, 3.8) is 0 Å². The number of nitrogens with one attached hydrogen (secondary N) is 1. The first-order valence-electron chi connectivity index (χ1n) is 9.11. The van der Waals surface area contributed by atoms with E-state index in [1.807, 2.05) is 35.2 Å². The first kappa shape index (κ1) is 18.7. The Bertz CT molecular complexity index is 1010. The van der Waals surface area contributed by atoms with Gasteiger partial charge < -0.3 is 9.80 Å². The van der Waals surface area contributed by atoms with Gasteiger partial charge in [-0.25, -0.2) is 0 Å². The van der Waals surface area contributed by atoms with E-state index >= 15 is 0 Å². The maximum absolute atomic E-state index is 12.9. The number of carbonyl (C=O) groups is 1. The molecule has 2 aromatic carbocycles. The van der Waals surface area contributed by atoms with Gasteiger partial charge in [0.05, 0.1) is 0 Å². The van der Waals surface area contributed by atoms with Crippen LogP contribution in [0.5, 0.6) is 0 Å². The van der Waals surface area contributed by atoms with Crippen molar-refractivity contribution in [2.45, 2.75) is 6.54 Å². The maximum Gasteiger partial charge on any atom is 0.242 e. The zero-order chi connectivity index (χ0) is 19.5. The number of hydrogen-bond acceptors (Lipinski definition) is 4. The highest BCUT2D eigenvalue weighted by molar-refractivity contribution is 7.71. The number of carbonyl (C=O) groups excluding carboxylic acids is 1. The summed E-state index contributed by atoms with van der Waals surface area (Å²) in [5, 5.41) is 7.73. The number of amides is 1. The van der Waals surface area contributed by atoms with E-state index in [9.17, 15) is 4.79 Å². The Balaban J connectivity index is 1.44. The highest BCUT2D eigenvalue weighted by Gasteiger charge is 2.22. The van der Waals surface area contributed by atoms with Crippen LogP contribution in [0.1, 0.15) is 0 Å². The molecule has 0 aliphatic carbocycles. The lowest BCUT2D eigenvalue weighted by atomic mass is 10.2. The van der Waals surface area contributed by atoms with Crippen LogP contribution in [0.4, 0.5) is 5.69 Å². The van der Waals surface area contributed by atoms with E-state index in [1.54, 1.807) is 16.7 Å². The number of para-hydroxylation sites is 1. The van der Waals surface area contributed by atoms with Gasteiger partial charge in [0.1, 0.15) is 6.54 Å². The third kappa shape index (κ3) is 3.95. The zero-order valence-electron chi connectivity index (χ0n) is 15.2. The molecule has 3 aromatic rings. The first-order chi connectivity index (χ1) is 13.6. The van der Waals surface area contributed by atoms with E-state index in [-0.39, 0.29) is 12.5 Å². The molecule has 1 saturated heterocycles. The topological polar surface area (TPSA) is 57.2 Å². The van der Waals surface area contributed by atoms with Crippen molar-refractivity contribution < 1.29 is 4.79 Å². The molecule has 1 aliphatic rings. The molecule has 28 heavy (non-hydrogen) atoms. The van der Waals surface area contributed by atoms with Crippen LogP contribution in [0.3, 0.4) is 0 Å². The molecule has 0 bridgehead atoms. The Kier molecular flexibility index (Phi) is 5.45. The highest BCUT2D eigenvalue weighted by atomic mass is 35.5. The van der Waals surface area contributed by atoms with Gasteiger partial charge >= 0.3 is 0 Å². The second kappa shape index (κ2) is 8.16. The fourth-order valence-electron chi connectivity index (χ4n) is 3.37. The Hall–Kier alpha value is -2.64. The van der Waals surface area contributed by atoms with Gasteiger partial charge in [0.15, 0.2) is 10.6 Å². The minimum Gasteiger partial charge on any atom is -0.368 e. The minimum absolute atomic E-state index is 0.0421. The quantitative estimate of drug-likeness (QED) is 0.664. The normalized spacial score (nSPS) is 14.3. The molecule has 1 aromatic heterocycles. The summed E-state index contributed by atoms with van der Waals surface area (Å²) in [4.78, 5) is 17.1. The van der Waals surface area contributed by atoms with Crippen molar-refractivity contribution in [3.8, 4) is 11.4 Å². The molecule has 1 N–H and O–H groups in total. The summed E-state index contributed by atoms with van der Waals surface area (Å²) in [7, 11) is 0. The Morgan fingerprint density at radius 1 is 1.04 bits per heavy atom. The second-order valence-corrected chi connectivity index (χ2v) is 7.47. The van der Waals surface area contributed by atoms with Crippen molar-refractivity contribution in [3.05, 3.63) is 64.4 Å². The molecule has 1 fully saturated rings. The molecular formula is C20H20ClN5OS. The number of anilines is 1. The summed E-state index contributed by atoms with van der Waals surface area (Å²) in [6, 6.07) is 17.6. The lowest BCUT2D eigenvalue weighted by Crippen LogP contribution is -2.49. The third-order valence-corrected chi connectivity index (χ3v) is 5.47. The average molecular weight is 414 g/mol. The van der Waals surface area contributed by atoms with Crippen molar-refractivity contribution in [1.82, 2.24) is 19.7 Å². The number of aromatic nitrogens is 3. The van der Waals surface area contributed by atoms with Crippen LogP contribution in [-0.2, 0) is 11.3 Å². The standard InChI is InChI=1S/C20H20ClN5OS/c21-16-8-6-15(7-9-16)19-22-23-20(28)26(19)14-18(27)25-12-10-24(11-13-25)17-4-2-1-3-5-17/h1-9H,10-14H2,(H,23,28). The Morgan fingerprint density at radius 2 is 1.71 bits per heavy atom. The van der Waals surface area contributed by atoms with Crippen molar-refractivity contribution >= 4 is 35.4 Å². The van der Waals surface area contributed by atoms with E-state index in [2.05, 4.69) is 27.2 Å². The molecule has 0 saturated carbocycles. The number of nitrogens with zero attached hydrogens (tertiary/aromatic N) is 4. The lowest BCUT2D eigenvalue weighted by molar-refractivity contribution is -0.132. The van der Waals surface area contributed by atoms with Gasteiger partial charge in [-0.05, 0) is 48.6 Å². The Labute approximate surface area is 173 Å². The molecule has 1 amide bonds. The van der Waals surface area contributed by atoms with E-state index in [4.69, 9.17) is 23.8 Å². The molecule has 6 nitrogen and oxygen atoms in total. The molecule has 0 unspecified atom stereocenters. The summed E-state index contributed by atoms with van der Waals surface area (Å²) in [5.41, 5.74) is 2.05. The average Bonchev–Trinajstić information content (AvgIpc) is 3.09. The second-order valence-electron chi connectivity index (χ2n) is 6.65. The molecule has 0 spiro atoms.